The molecule has 0 radical (unpaired) electrons. The maximum Gasteiger partial charge on any atom is 0.259 e. The number of aryl methyl sites for hydroxylation is 1. The summed E-state index contributed by atoms with van der Waals surface area (Å²) in [7, 11) is 0. The minimum atomic E-state index is -0.321. The second kappa shape index (κ2) is 8.46. The summed E-state index contributed by atoms with van der Waals surface area (Å²) in [5, 5.41) is 6.79. The molecule has 0 saturated carbocycles. The zero-order valence-electron chi connectivity index (χ0n) is 16.0. The third-order valence-corrected chi connectivity index (χ3v) is 4.85. The summed E-state index contributed by atoms with van der Waals surface area (Å²) in [4.78, 5) is 29.0. The number of hydrogen-bond donors (Lipinski definition) is 1. The van der Waals surface area contributed by atoms with Crippen molar-refractivity contribution in [2.45, 2.75) is 13.5 Å². The second-order valence-corrected chi connectivity index (χ2v) is 7.65. The summed E-state index contributed by atoms with van der Waals surface area (Å²) in [5.74, 6) is 0.407. The zero-order valence-corrected chi connectivity index (χ0v) is 17.6. The largest absolute Gasteiger partial charge is 0.334 e. The van der Waals surface area contributed by atoms with Crippen LogP contribution in [0.5, 0.6) is 0 Å². The van der Waals surface area contributed by atoms with Gasteiger partial charge >= 0.3 is 0 Å². The van der Waals surface area contributed by atoms with E-state index in [9.17, 15) is 9.59 Å². The lowest BCUT2D eigenvalue weighted by atomic mass is 10.1. The van der Waals surface area contributed by atoms with E-state index in [1.54, 1.807) is 18.2 Å². The zero-order chi connectivity index (χ0) is 21.1. The van der Waals surface area contributed by atoms with Crippen molar-refractivity contribution in [3.63, 3.8) is 0 Å². The number of amides is 1. The number of hydrogen-bond acceptors (Lipinski definition) is 5. The molecule has 2 heterocycles. The van der Waals surface area contributed by atoms with Gasteiger partial charge in [-0.05, 0) is 37.3 Å². The molecule has 8 heteroatoms. The van der Waals surface area contributed by atoms with Crippen LogP contribution in [0.25, 0.3) is 22.8 Å². The molecule has 1 amide bonds. The molecule has 0 spiro atoms. The molecule has 0 saturated heterocycles. The Labute approximate surface area is 180 Å². The summed E-state index contributed by atoms with van der Waals surface area (Å²) >= 11 is 3.36. The first kappa shape index (κ1) is 19.8. The van der Waals surface area contributed by atoms with Crippen LogP contribution in [0.2, 0.25) is 0 Å². The Morgan fingerprint density at radius 2 is 1.93 bits per heavy atom. The number of anilines is 1. The molecule has 2 aromatic carbocycles. The van der Waals surface area contributed by atoms with E-state index < -0.39 is 0 Å². The molecule has 0 aliphatic rings. The topological polar surface area (TPSA) is 90.0 Å². The minimum absolute atomic E-state index is 0.141. The standard InChI is InChI=1S/C22H17BrN4O3/c1-14-4-2-5-15(10-14)21-25-22(30-26-21)16-8-9-20(29)27(12-16)13-19(28)24-18-7-3-6-17(23)11-18/h2-12H,13H2,1H3,(H,24,28). The second-order valence-electron chi connectivity index (χ2n) is 6.74. The van der Waals surface area contributed by atoms with E-state index in [1.807, 2.05) is 43.3 Å². The molecule has 0 atom stereocenters. The van der Waals surface area contributed by atoms with Gasteiger partial charge in [0.15, 0.2) is 0 Å². The maximum atomic E-state index is 12.4. The van der Waals surface area contributed by atoms with Crippen LogP contribution < -0.4 is 10.9 Å². The third kappa shape index (κ3) is 4.55. The third-order valence-electron chi connectivity index (χ3n) is 4.36. The van der Waals surface area contributed by atoms with Gasteiger partial charge in [0.1, 0.15) is 6.54 Å². The molecule has 0 unspecified atom stereocenters. The Kier molecular flexibility index (Phi) is 5.58. The predicted molar refractivity (Wildman–Crippen MR) is 117 cm³/mol. The van der Waals surface area contributed by atoms with Crippen LogP contribution in [0.1, 0.15) is 5.56 Å². The van der Waals surface area contributed by atoms with E-state index in [-0.39, 0.29) is 23.9 Å². The summed E-state index contributed by atoms with van der Waals surface area (Å²) in [6, 6.07) is 18.0. The molecular weight excluding hydrogens is 448 g/mol. The molecule has 4 aromatic rings. The monoisotopic (exact) mass is 464 g/mol. The van der Waals surface area contributed by atoms with Gasteiger partial charge in [0.2, 0.25) is 11.7 Å². The van der Waals surface area contributed by atoms with E-state index >= 15 is 0 Å². The summed E-state index contributed by atoms with van der Waals surface area (Å²) in [5.41, 5.74) is 2.81. The van der Waals surface area contributed by atoms with Gasteiger partial charge in [0.05, 0.1) is 5.56 Å². The van der Waals surface area contributed by atoms with Crippen LogP contribution >= 0.6 is 15.9 Å². The number of aromatic nitrogens is 3. The number of carbonyl (C=O) groups is 1. The van der Waals surface area contributed by atoms with Gasteiger partial charge in [-0.1, -0.05) is 50.9 Å². The molecule has 0 aliphatic heterocycles. The summed E-state index contributed by atoms with van der Waals surface area (Å²) in [6.45, 7) is 1.84. The number of pyridine rings is 1. The van der Waals surface area contributed by atoms with Gasteiger partial charge in [-0.2, -0.15) is 4.98 Å². The van der Waals surface area contributed by atoms with Gasteiger partial charge < -0.3 is 14.4 Å². The highest BCUT2D eigenvalue weighted by Crippen LogP contribution is 2.22. The fourth-order valence-corrected chi connectivity index (χ4v) is 3.34. The van der Waals surface area contributed by atoms with Crippen molar-refractivity contribution in [2.75, 3.05) is 5.32 Å². The lowest BCUT2D eigenvalue weighted by Gasteiger charge is -2.08. The van der Waals surface area contributed by atoms with Crippen LogP contribution in [-0.4, -0.2) is 20.6 Å². The van der Waals surface area contributed by atoms with E-state index in [2.05, 4.69) is 31.4 Å². The Hall–Kier alpha value is -3.52. The number of nitrogens with zero attached hydrogens (tertiary/aromatic N) is 3. The van der Waals surface area contributed by atoms with E-state index in [0.29, 0.717) is 17.1 Å². The molecule has 0 fully saturated rings. The number of rotatable bonds is 5. The first-order chi connectivity index (χ1) is 14.5. The molecule has 30 heavy (non-hydrogen) atoms. The number of carbonyl (C=O) groups excluding carboxylic acids is 1. The fraction of sp³-hybridized carbons (Fsp3) is 0.0909. The Morgan fingerprint density at radius 3 is 2.73 bits per heavy atom. The van der Waals surface area contributed by atoms with Gasteiger partial charge in [0, 0.05) is 28.0 Å². The van der Waals surface area contributed by atoms with Crippen LogP contribution in [0, 0.1) is 6.92 Å². The molecule has 0 aliphatic carbocycles. The molecule has 1 N–H and O–H groups in total. The Bertz CT molecular complexity index is 1280. The van der Waals surface area contributed by atoms with Crippen LogP contribution in [0.4, 0.5) is 5.69 Å². The fourth-order valence-electron chi connectivity index (χ4n) is 2.95. The molecule has 4 rings (SSSR count). The van der Waals surface area contributed by atoms with E-state index in [1.165, 1.54) is 16.8 Å². The Balaban J connectivity index is 1.55. The highest BCUT2D eigenvalue weighted by Gasteiger charge is 2.13. The molecular formula is C22H17BrN4O3. The highest BCUT2D eigenvalue weighted by atomic mass is 79.9. The highest BCUT2D eigenvalue weighted by molar-refractivity contribution is 9.10. The first-order valence-electron chi connectivity index (χ1n) is 9.15. The van der Waals surface area contributed by atoms with Gasteiger partial charge in [0.25, 0.3) is 11.4 Å². The van der Waals surface area contributed by atoms with Crippen molar-refractivity contribution in [3.05, 3.63) is 87.3 Å². The van der Waals surface area contributed by atoms with Crippen molar-refractivity contribution in [1.29, 1.82) is 0 Å². The van der Waals surface area contributed by atoms with Crippen LogP contribution in [0.15, 0.2) is 80.7 Å². The lowest BCUT2D eigenvalue weighted by molar-refractivity contribution is -0.116. The molecule has 7 nitrogen and oxygen atoms in total. The molecule has 0 bridgehead atoms. The smallest absolute Gasteiger partial charge is 0.259 e. The SMILES string of the molecule is Cc1cccc(-c2noc(-c3ccc(=O)n(CC(=O)Nc4cccc(Br)c4)c3)n2)c1. The maximum absolute atomic E-state index is 12.4. The number of halogens is 1. The van der Waals surface area contributed by atoms with Crippen molar-refractivity contribution < 1.29 is 9.32 Å². The quantitative estimate of drug-likeness (QED) is 0.476. The van der Waals surface area contributed by atoms with Crippen LogP contribution in [0.3, 0.4) is 0 Å². The van der Waals surface area contributed by atoms with Gasteiger partial charge in [-0.15, -0.1) is 0 Å². The first-order valence-corrected chi connectivity index (χ1v) is 9.94. The van der Waals surface area contributed by atoms with Gasteiger partial charge in [-0.3, -0.25) is 9.59 Å². The minimum Gasteiger partial charge on any atom is -0.334 e. The van der Waals surface area contributed by atoms with E-state index in [4.69, 9.17) is 4.52 Å². The number of benzene rings is 2. The van der Waals surface area contributed by atoms with Crippen molar-refractivity contribution in [3.8, 4) is 22.8 Å². The van der Waals surface area contributed by atoms with E-state index in [0.717, 1.165) is 15.6 Å². The molecule has 150 valence electrons. The van der Waals surface area contributed by atoms with Crippen molar-refractivity contribution >= 4 is 27.5 Å². The normalized spacial score (nSPS) is 10.7. The predicted octanol–water partition coefficient (Wildman–Crippen LogP) is 4.27. The summed E-state index contributed by atoms with van der Waals surface area (Å²) < 4.78 is 7.52. The van der Waals surface area contributed by atoms with Crippen molar-refractivity contribution in [2.24, 2.45) is 0 Å². The summed E-state index contributed by atoms with van der Waals surface area (Å²) in [6.07, 6.45) is 1.54. The lowest BCUT2D eigenvalue weighted by Crippen LogP contribution is -2.26. The molecule has 2 aromatic heterocycles. The Morgan fingerprint density at radius 1 is 1.10 bits per heavy atom. The average Bonchev–Trinajstić information content (AvgIpc) is 3.20. The van der Waals surface area contributed by atoms with Crippen LogP contribution in [-0.2, 0) is 11.3 Å². The number of nitrogens with one attached hydrogen (secondary N) is 1. The van der Waals surface area contributed by atoms with Gasteiger partial charge in [-0.25, -0.2) is 0 Å². The van der Waals surface area contributed by atoms with Crippen molar-refractivity contribution in [1.82, 2.24) is 14.7 Å². The average molecular weight is 465 g/mol.